The smallest absolute Gasteiger partial charge is 0.241 e. The molecule has 0 atom stereocenters. The first kappa shape index (κ1) is 15.3. The zero-order valence-corrected chi connectivity index (χ0v) is 12.6. The number of aromatic amines is 1. The molecule has 2 aromatic rings. The van der Waals surface area contributed by atoms with Gasteiger partial charge in [-0.1, -0.05) is 6.07 Å². The van der Waals surface area contributed by atoms with Crippen LogP contribution in [-0.2, 0) is 21.4 Å². The molecule has 0 fully saturated rings. The van der Waals surface area contributed by atoms with E-state index in [-0.39, 0.29) is 17.3 Å². The Balaban J connectivity index is 2.23. The minimum atomic E-state index is -3.64. The number of nitrogens with one attached hydrogen (secondary N) is 3. The lowest BCUT2D eigenvalue weighted by atomic mass is 10.2. The zero-order valence-electron chi connectivity index (χ0n) is 11.8. The molecule has 0 saturated heterocycles. The number of hydrogen-bond donors (Lipinski definition) is 3. The first-order valence-corrected chi connectivity index (χ1v) is 7.86. The largest absolute Gasteiger partial charge is 0.367 e. The molecule has 1 amide bonds. The molecule has 0 spiro atoms. The first-order valence-electron chi connectivity index (χ1n) is 6.38. The minimum Gasteiger partial charge on any atom is -0.367 e. The molecule has 0 saturated carbocycles. The van der Waals surface area contributed by atoms with Crippen LogP contribution in [0.15, 0.2) is 41.6 Å². The Morgan fingerprint density at radius 3 is 2.67 bits per heavy atom. The molecule has 0 aliphatic carbocycles. The summed E-state index contributed by atoms with van der Waals surface area (Å²) in [4.78, 5) is 14.1. The fourth-order valence-electron chi connectivity index (χ4n) is 1.90. The van der Waals surface area contributed by atoms with Crippen molar-refractivity contribution in [2.45, 2.75) is 25.3 Å². The van der Waals surface area contributed by atoms with Gasteiger partial charge in [-0.2, -0.15) is 0 Å². The molecule has 1 aromatic carbocycles. The molecule has 0 aliphatic heterocycles. The predicted molar refractivity (Wildman–Crippen MR) is 80.3 cm³/mol. The Bertz CT molecular complexity index is 737. The van der Waals surface area contributed by atoms with Gasteiger partial charge < -0.3 is 10.3 Å². The maximum absolute atomic E-state index is 12.4. The molecule has 21 heavy (non-hydrogen) atoms. The number of amides is 1. The number of aryl methyl sites for hydroxylation is 1. The molecule has 1 heterocycles. The van der Waals surface area contributed by atoms with E-state index >= 15 is 0 Å². The van der Waals surface area contributed by atoms with Crippen LogP contribution >= 0.6 is 0 Å². The van der Waals surface area contributed by atoms with Crippen LogP contribution < -0.4 is 10.0 Å². The van der Waals surface area contributed by atoms with Gasteiger partial charge in [0.05, 0.1) is 4.90 Å². The third kappa shape index (κ3) is 3.93. The molecular formula is C14H17N3O3S. The number of carbonyl (C=O) groups excluding carboxylic acids is 1. The molecule has 0 bridgehead atoms. The standard InChI is InChI=1S/C14H17N3O3S/c1-10-3-4-13(17-11(2)18)7-14(10)21(19,20)16-9-12-5-6-15-8-12/h3-8,15-16H,9H2,1-2H3,(H,17,18). The zero-order chi connectivity index (χ0) is 15.5. The average molecular weight is 307 g/mol. The molecule has 112 valence electrons. The summed E-state index contributed by atoms with van der Waals surface area (Å²) in [5.41, 5.74) is 1.91. The van der Waals surface area contributed by atoms with E-state index in [9.17, 15) is 13.2 Å². The van der Waals surface area contributed by atoms with Gasteiger partial charge in [-0.25, -0.2) is 13.1 Å². The van der Waals surface area contributed by atoms with Crippen molar-refractivity contribution in [1.82, 2.24) is 9.71 Å². The quantitative estimate of drug-likeness (QED) is 0.786. The minimum absolute atomic E-state index is 0.157. The van der Waals surface area contributed by atoms with Gasteiger partial charge in [0.2, 0.25) is 15.9 Å². The second-order valence-electron chi connectivity index (χ2n) is 4.71. The SMILES string of the molecule is CC(=O)Nc1ccc(C)c(S(=O)(=O)NCc2cc[nH]c2)c1. The highest BCUT2D eigenvalue weighted by molar-refractivity contribution is 7.89. The molecule has 1 aromatic heterocycles. The Morgan fingerprint density at radius 1 is 1.29 bits per heavy atom. The lowest BCUT2D eigenvalue weighted by Crippen LogP contribution is -2.24. The summed E-state index contributed by atoms with van der Waals surface area (Å²) in [7, 11) is -3.64. The third-order valence-electron chi connectivity index (χ3n) is 2.93. The second kappa shape index (κ2) is 6.11. The highest BCUT2D eigenvalue weighted by atomic mass is 32.2. The predicted octanol–water partition coefficient (Wildman–Crippen LogP) is 1.76. The van der Waals surface area contributed by atoms with E-state index in [0.717, 1.165) is 5.56 Å². The molecule has 0 unspecified atom stereocenters. The van der Waals surface area contributed by atoms with Gasteiger partial charge in [0.15, 0.2) is 0 Å². The second-order valence-corrected chi connectivity index (χ2v) is 6.44. The summed E-state index contributed by atoms with van der Waals surface area (Å²) >= 11 is 0. The Kier molecular flexibility index (Phi) is 4.44. The summed E-state index contributed by atoms with van der Waals surface area (Å²) in [5.74, 6) is -0.248. The van der Waals surface area contributed by atoms with Crippen molar-refractivity contribution in [3.63, 3.8) is 0 Å². The number of carbonyl (C=O) groups is 1. The van der Waals surface area contributed by atoms with Gasteiger partial charge in [-0.3, -0.25) is 4.79 Å². The Morgan fingerprint density at radius 2 is 2.05 bits per heavy atom. The maximum Gasteiger partial charge on any atom is 0.241 e. The van der Waals surface area contributed by atoms with E-state index in [1.54, 1.807) is 37.5 Å². The summed E-state index contributed by atoms with van der Waals surface area (Å²) in [6.45, 7) is 3.29. The van der Waals surface area contributed by atoms with Crippen LogP contribution in [0.25, 0.3) is 0 Å². The summed E-state index contributed by atoms with van der Waals surface area (Å²) < 4.78 is 27.2. The van der Waals surface area contributed by atoms with Crippen LogP contribution in [-0.4, -0.2) is 19.3 Å². The van der Waals surface area contributed by atoms with Crippen LogP contribution in [0.5, 0.6) is 0 Å². The van der Waals surface area contributed by atoms with E-state index in [4.69, 9.17) is 0 Å². The Labute approximate surface area is 123 Å². The van der Waals surface area contributed by atoms with Gasteiger partial charge in [0.1, 0.15) is 0 Å². The van der Waals surface area contributed by atoms with Crippen LogP contribution in [0.2, 0.25) is 0 Å². The number of anilines is 1. The van der Waals surface area contributed by atoms with Crippen molar-refractivity contribution in [3.05, 3.63) is 47.8 Å². The Hall–Kier alpha value is -2.12. The van der Waals surface area contributed by atoms with Crippen molar-refractivity contribution < 1.29 is 13.2 Å². The van der Waals surface area contributed by atoms with Crippen molar-refractivity contribution in [1.29, 1.82) is 0 Å². The molecule has 7 heteroatoms. The van der Waals surface area contributed by atoms with Crippen LogP contribution in [0.4, 0.5) is 5.69 Å². The third-order valence-corrected chi connectivity index (χ3v) is 4.47. The summed E-state index contributed by atoms with van der Waals surface area (Å²) in [6.07, 6.45) is 3.45. The van der Waals surface area contributed by atoms with Gasteiger partial charge in [0, 0.05) is 31.5 Å². The number of sulfonamides is 1. The first-order chi connectivity index (χ1) is 9.88. The van der Waals surface area contributed by atoms with Crippen LogP contribution in [0, 0.1) is 6.92 Å². The topological polar surface area (TPSA) is 91.1 Å². The maximum atomic E-state index is 12.4. The highest BCUT2D eigenvalue weighted by Crippen LogP contribution is 2.20. The van der Waals surface area contributed by atoms with Gasteiger partial charge in [0.25, 0.3) is 0 Å². The fourth-order valence-corrected chi connectivity index (χ4v) is 3.18. The van der Waals surface area contributed by atoms with Gasteiger partial charge in [-0.05, 0) is 36.2 Å². The number of hydrogen-bond acceptors (Lipinski definition) is 3. The van der Waals surface area contributed by atoms with E-state index in [0.29, 0.717) is 11.3 Å². The molecule has 0 radical (unpaired) electrons. The van der Waals surface area contributed by atoms with E-state index in [1.165, 1.54) is 13.0 Å². The number of H-pyrrole nitrogens is 1. The highest BCUT2D eigenvalue weighted by Gasteiger charge is 2.17. The van der Waals surface area contributed by atoms with Crippen molar-refractivity contribution in [2.24, 2.45) is 0 Å². The lowest BCUT2D eigenvalue weighted by Gasteiger charge is -2.11. The van der Waals surface area contributed by atoms with Crippen LogP contribution in [0.1, 0.15) is 18.1 Å². The van der Waals surface area contributed by atoms with E-state index in [2.05, 4.69) is 15.0 Å². The van der Waals surface area contributed by atoms with E-state index in [1.807, 2.05) is 0 Å². The van der Waals surface area contributed by atoms with Crippen molar-refractivity contribution in [3.8, 4) is 0 Å². The lowest BCUT2D eigenvalue weighted by molar-refractivity contribution is -0.114. The molecular weight excluding hydrogens is 290 g/mol. The summed E-state index contributed by atoms with van der Waals surface area (Å²) in [5, 5.41) is 2.58. The van der Waals surface area contributed by atoms with Crippen molar-refractivity contribution >= 4 is 21.6 Å². The number of benzene rings is 1. The number of rotatable bonds is 5. The van der Waals surface area contributed by atoms with Crippen LogP contribution in [0.3, 0.4) is 0 Å². The molecule has 0 aliphatic rings. The van der Waals surface area contributed by atoms with Crippen molar-refractivity contribution in [2.75, 3.05) is 5.32 Å². The fraction of sp³-hybridized carbons (Fsp3) is 0.214. The van der Waals surface area contributed by atoms with E-state index < -0.39 is 10.0 Å². The summed E-state index contributed by atoms with van der Waals surface area (Å²) in [6, 6.07) is 6.58. The monoisotopic (exact) mass is 307 g/mol. The molecule has 6 nitrogen and oxygen atoms in total. The molecule has 3 N–H and O–H groups in total. The van der Waals surface area contributed by atoms with Gasteiger partial charge in [-0.15, -0.1) is 0 Å². The van der Waals surface area contributed by atoms with Gasteiger partial charge >= 0.3 is 0 Å². The molecule has 2 rings (SSSR count). The normalized spacial score (nSPS) is 11.3. The average Bonchev–Trinajstić information content (AvgIpc) is 2.91. The number of aromatic nitrogens is 1.